The van der Waals surface area contributed by atoms with Gasteiger partial charge in [-0.25, -0.2) is 14.6 Å². The van der Waals surface area contributed by atoms with Crippen LogP contribution < -0.4 is 11.1 Å². The van der Waals surface area contributed by atoms with Crippen molar-refractivity contribution in [3.8, 4) is 11.3 Å². The van der Waals surface area contributed by atoms with Crippen LogP contribution in [0.2, 0.25) is 0 Å². The van der Waals surface area contributed by atoms with E-state index in [1.54, 1.807) is 0 Å². The summed E-state index contributed by atoms with van der Waals surface area (Å²) >= 11 is 0. The number of amides is 1. The molecule has 2 saturated carbocycles. The number of hydrogen-bond donors (Lipinski definition) is 2. The first-order valence-corrected chi connectivity index (χ1v) is 12.0. The second-order valence-corrected chi connectivity index (χ2v) is 9.62. The minimum atomic E-state index is -0.300. The quantitative estimate of drug-likeness (QED) is 0.448. The zero-order valence-electron chi connectivity index (χ0n) is 19.3. The first kappa shape index (κ1) is 20.8. The highest BCUT2D eigenvalue weighted by Gasteiger charge is 2.45. The summed E-state index contributed by atoms with van der Waals surface area (Å²) in [5.74, 6) is 0.434. The molecule has 4 aromatic rings. The van der Waals surface area contributed by atoms with Crippen molar-refractivity contribution in [1.82, 2.24) is 25.1 Å². The first-order chi connectivity index (χ1) is 16.6. The highest BCUT2D eigenvalue weighted by Crippen LogP contribution is 2.46. The average Bonchev–Trinajstić information content (AvgIpc) is 3.25. The summed E-state index contributed by atoms with van der Waals surface area (Å²) in [6, 6.07) is 16.4. The van der Waals surface area contributed by atoms with Crippen LogP contribution in [0.3, 0.4) is 0 Å². The monoisotopic (exact) mass is 452 g/mol. The molecule has 0 saturated heterocycles. The number of nitrogens with one attached hydrogen (secondary N) is 1. The van der Waals surface area contributed by atoms with Gasteiger partial charge in [0.05, 0.1) is 17.0 Å². The smallest absolute Gasteiger partial charge is 0.252 e. The molecule has 0 unspecified atom stereocenters. The van der Waals surface area contributed by atoms with Gasteiger partial charge in [0.1, 0.15) is 17.8 Å². The molecule has 0 radical (unpaired) electrons. The number of nitrogens with two attached hydrogens (primary N) is 1. The van der Waals surface area contributed by atoms with Crippen LogP contribution in [0.5, 0.6) is 0 Å². The van der Waals surface area contributed by atoms with Gasteiger partial charge in [-0.3, -0.25) is 4.79 Å². The molecule has 7 nitrogen and oxygen atoms in total. The molecule has 0 spiro atoms. The Morgan fingerprint density at radius 2 is 1.79 bits per heavy atom. The number of anilines is 1. The minimum Gasteiger partial charge on any atom is -0.383 e. The van der Waals surface area contributed by atoms with Crippen LogP contribution in [0, 0.1) is 6.92 Å². The first-order valence-electron chi connectivity index (χ1n) is 12.0. The summed E-state index contributed by atoms with van der Waals surface area (Å²) in [4.78, 5) is 21.7. The van der Waals surface area contributed by atoms with Gasteiger partial charge in [-0.05, 0) is 49.8 Å². The van der Waals surface area contributed by atoms with Gasteiger partial charge in [0.25, 0.3) is 5.91 Å². The van der Waals surface area contributed by atoms with Gasteiger partial charge in [0, 0.05) is 11.1 Å². The number of carbonyl (C=O) groups excluding carboxylic acids is 1. The average molecular weight is 453 g/mol. The van der Waals surface area contributed by atoms with Crippen molar-refractivity contribution in [1.29, 1.82) is 0 Å². The maximum atomic E-state index is 12.9. The van der Waals surface area contributed by atoms with Crippen molar-refractivity contribution >= 4 is 22.8 Å². The van der Waals surface area contributed by atoms with Gasteiger partial charge in [-0.2, -0.15) is 5.10 Å². The summed E-state index contributed by atoms with van der Waals surface area (Å²) < 4.78 is 2.05. The second-order valence-electron chi connectivity index (χ2n) is 9.62. The Balaban J connectivity index is 1.32. The number of fused-ring (bicyclic) bond motifs is 1. The molecule has 2 aromatic heterocycles. The van der Waals surface area contributed by atoms with E-state index in [1.165, 1.54) is 19.2 Å². The fourth-order valence-electron chi connectivity index (χ4n) is 5.27. The Hall–Kier alpha value is -3.74. The zero-order chi connectivity index (χ0) is 23.3. The zero-order valence-corrected chi connectivity index (χ0v) is 19.3. The van der Waals surface area contributed by atoms with Gasteiger partial charge < -0.3 is 11.1 Å². The summed E-state index contributed by atoms with van der Waals surface area (Å²) in [5, 5.41) is 9.07. The maximum absolute atomic E-state index is 12.9. The predicted molar refractivity (Wildman–Crippen MR) is 132 cm³/mol. The van der Waals surface area contributed by atoms with Crippen molar-refractivity contribution < 1.29 is 4.79 Å². The third-order valence-electron chi connectivity index (χ3n) is 7.39. The normalized spacial score (nSPS) is 17.2. The second kappa shape index (κ2) is 7.94. The van der Waals surface area contributed by atoms with Crippen LogP contribution in [0.1, 0.15) is 66.1 Å². The van der Waals surface area contributed by atoms with Crippen molar-refractivity contribution in [2.24, 2.45) is 0 Å². The number of nitrogens with zero attached hydrogens (tertiary/aromatic N) is 4. The molecule has 1 amide bonds. The van der Waals surface area contributed by atoms with E-state index in [-0.39, 0.29) is 11.4 Å². The lowest BCUT2D eigenvalue weighted by molar-refractivity contribution is 0.0930. The van der Waals surface area contributed by atoms with Gasteiger partial charge in [-0.1, -0.05) is 55.3 Å². The summed E-state index contributed by atoms with van der Waals surface area (Å²) in [7, 11) is 0. The standard InChI is InChI=1S/C27H28N6O/c1-17-6-2-5-9-21(17)26(34)31-27(14-15-27)19-12-10-18(11-13-19)23-22-24(28)29-16-30-25(22)33(32-23)20-7-3-4-8-20/h2,5-6,9-13,16,20H,3-4,7-8,14-15H2,1H3,(H,31,34)(H2,28,29,30). The molecular formula is C27H28N6O. The van der Waals surface area contributed by atoms with Crippen LogP contribution in [0.15, 0.2) is 54.9 Å². The number of carbonyl (C=O) groups is 1. The molecule has 2 heterocycles. The van der Waals surface area contributed by atoms with Crippen molar-refractivity contribution in [2.75, 3.05) is 5.73 Å². The molecule has 2 aliphatic carbocycles. The van der Waals surface area contributed by atoms with E-state index in [2.05, 4.69) is 44.2 Å². The van der Waals surface area contributed by atoms with Crippen LogP contribution in [0.4, 0.5) is 5.82 Å². The summed E-state index contributed by atoms with van der Waals surface area (Å²) in [6.07, 6.45) is 8.05. The Morgan fingerprint density at radius 1 is 1.06 bits per heavy atom. The molecule has 0 aliphatic heterocycles. The van der Waals surface area contributed by atoms with Gasteiger partial charge in [0.15, 0.2) is 5.65 Å². The lowest BCUT2D eigenvalue weighted by Crippen LogP contribution is -2.35. The number of nitrogen functional groups attached to an aromatic ring is 1. The molecule has 2 aliphatic rings. The predicted octanol–water partition coefficient (Wildman–Crippen LogP) is 4.92. The summed E-state index contributed by atoms with van der Waals surface area (Å²) in [6.45, 7) is 1.97. The largest absolute Gasteiger partial charge is 0.383 e. The molecule has 6 rings (SSSR count). The maximum Gasteiger partial charge on any atom is 0.252 e. The third-order valence-corrected chi connectivity index (χ3v) is 7.39. The Bertz CT molecular complexity index is 1380. The Morgan fingerprint density at radius 3 is 2.50 bits per heavy atom. The lowest BCUT2D eigenvalue weighted by atomic mass is 10.00. The molecule has 172 valence electrons. The fourth-order valence-corrected chi connectivity index (χ4v) is 5.27. The molecule has 2 fully saturated rings. The lowest BCUT2D eigenvalue weighted by Gasteiger charge is -2.19. The number of hydrogen-bond acceptors (Lipinski definition) is 5. The summed E-state index contributed by atoms with van der Waals surface area (Å²) in [5.41, 5.74) is 11.4. The van der Waals surface area contributed by atoms with E-state index in [9.17, 15) is 4.79 Å². The van der Waals surface area contributed by atoms with Gasteiger partial charge in [0.2, 0.25) is 0 Å². The molecule has 2 aromatic carbocycles. The fraction of sp³-hybridized carbons (Fsp3) is 0.333. The molecule has 7 heteroatoms. The van der Waals surface area contributed by atoms with E-state index in [4.69, 9.17) is 10.8 Å². The van der Waals surface area contributed by atoms with E-state index < -0.39 is 0 Å². The molecular weight excluding hydrogens is 424 g/mol. The molecule has 0 bridgehead atoms. The van der Waals surface area contributed by atoms with Crippen molar-refractivity contribution in [3.05, 3.63) is 71.5 Å². The topological polar surface area (TPSA) is 98.7 Å². The Kier molecular flexibility index (Phi) is 4.86. The van der Waals surface area contributed by atoms with Crippen LogP contribution in [0.25, 0.3) is 22.3 Å². The minimum absolute atomic E-state index is 0.0223. The van der Waals surface area contributed by atoms with Crippen molar-refractivity contribution in [3.63, 3.8) is 0 Å². The Labute approximate surface area is 198 Å². The molecule has 3 N–H and O–H groups in total. The van der Waals surface area contributed by atoms with E-state index in [0.717, 1.165) is 64.7 Å². The molecule has 0 atom stereocenters. The number of aryl methyl sites for hydroxylation is 1. The highest BCUT2D eigenvalue weighted by atomic mass is 16.1. The number of rotatable bonds is 5. The number of benzene rings is 2. The van der Waals surface area contributed by atoms with Crippen molar-refractivity contribution in [2.45, 2.75) is 57.0 Å². The highest BCUT2D eigenvalue weighted by molar-refractivity contribution is 5.98. The third kappa shape index (κ3) is 3.43. The molecule has 34 heavy (non-hydrogen) atoms. The van der Waals surface area contributed by atoms with E-state index in [0.29, 0.717) is 11.9 Å². The van der Waals surface area contributed by atoms with Crippen LogP contribution in [-0.4, -0.2) is 25.7 Å². The van der Waals surface area contributed by atoms with Crippen LogP contribution >= 0.6 is 0 Å². The van der Waals surface area contributed by atoms with Crippen LogP contribution in [-0.2, 0) is 5.54 Å². The SMILES string of the molecule is Cc1ccccc1C(=O)NC1(c2ccc(-c3nn(C4CCCC4)c4ncnc(N)c34)cc2)CC1. The van der Waals surface area contributed by atoms with E-state index in [1.807, 2.05) is 31.2 Å². The van der Waals surface area contributed by atoms with Gasteiger partial charge >= 0.3 is 0 Å². The number of aromatic nitrogens is 4. The van der Waals surface area contributed by atoms with E-state index >= 15 is 0 Å². The van der Waals surface area contributed by atoms with Gasteiger partial charge in [-0.15, -0.1) is 0 Å².